The Hall–Kier alpha value is -0.160. The number of morpholine rings is 1. The Morgan fingerprint density at radius 1 is 1.41 bits per heavy atom. The Kier molecular flexibility index (Phi) is 4.79. The molecule has 1 saturated carbocycles. The third-order valence-electron chi connectivity index (χ3n) is 4.13. The molecule has 0 aromatic heterocycles. The van der Waals surface area contributed by atoms with Gasteiger partial charge in [-0.05, 0) is 19.4 Å². The number of hydrogen-bond donors (Lipinski definition) is 1. The fraction of sp³-hybridized carbons (Fsp3) is 1.00. The van der Waals surface area contributed by atoms with Crippen LogP contribution in [0.1, 0.15) is 32.6 Å². The van der Waals surface area contributed by atoms with E-state index in [1.165, 1.54) is 12.8 Å². The monoisotopic (exact) mass is 242 g/mol. The van der Waals surface area contributed by atoms with Crippen LogP contribution in [0.3, 0.4) is 0 Å². The first kappa shape index (κ1) is 13.3. The van der Waals surface area contributed by atoms with E-state index in [2.05, 4.69) is 11.8 Å². The van der Waals surface area contributed by atoms with Crippen molar-refractivity contribution in [2.75, 3.05) is 39.4 Å². The lowest BCUT2D eigenvalue weighted by Gasteiger charge is -2.35. The zero-order chi connectivity index (χ0) is 12.1. The second kappa shape index (κ2) is 6.14. The van der Waals surface area contributed by atoms with E-state index >= 15 is 0 Å². The van der Waals surface area contributed by atoms with E-state index in [1.807, 2.05) is 0 Å². The van der Waals surface area contributed by atoms with Crippen molar-refractivity contribution in [2.45, 2.75) is 44.3 Å². The number of rotatable bonds is 5. The van der Waals surface area contributed by atoms with E-state index in [4.69, 9.17) is 15.2 Å². The summed E-state index contributed by atoms with van der Waals surface area (Å²) in [6, 6.07) is 0. The van der Waals surface area contributed by atoms with Crippen molar-refractivity contribution in [3.8, 4) is 0 Å². The van der Waals surface area contributed by atoms with E-state index < -0.39 is 0 Å². The molecule has 2 aliphatic rings. The van der Waals surface area contributed by atoms with Gasteiger partial charge in [0.15, 0.2) is 0 Å². The van der Waals surface area contributed by atoms with Crippen molar-refractivity contribution in [3.63, 3.8) is 0 Å². The smallest absolute Gasteiger partial charge is 0.0935 e. The van der Waals surface area contributed by atoms with Gasteiger partial charge in [0.2, 0.25) is 0 Å². The van der Waals surface area contributed by atoms with Crippen LogP contribution < -0.4 is 5.73 Å². The molecule has 0 bridgehead atoms. The Balaban J connectivity index is 1.76. The lowest BCUT2D eigenvalue weighted by molar-refractivity contribution is -0.114. The van der Waals surface area contributed by atoms with Crippen LogP contribution >= 0.6 is 0 Å². The molecule has 17 heavy (non-hydrogen) atoms. The van der Waals surface area contributed by atoms with Gasteiger partial charge in [0.05, 0.1) is 24.9 Å². The maximum Gasteiger partial charge on any atom is 0.0935 e. The van der Waals surface area contributed by atoms with Gasteiger partial charge in [-0.25, -0.2) is 0 Å². The number of nitrogens with zero attached hydrogens (tertiary/aromatic N) is 1. The van der Waals surface area contributed by atoms with Crippen molar-refractivity contribution in [1.29, 1.82) is 0 Å². The van der Waals surface area contributed by atoms with E-state index in [-0.39, 0.29) is 11.7 Å². The molecule has 4 heteroatoms. The molecule has 2 fully saturated rings. The van der Waals surface area contributed by atoms with Gasteiger partial charge in [-0.3, -0.25) is 4.90 Å². The lowest BCUT2D eigenvalue weighted by atomic mass is 10.0. The fourth-order valence-electron chi connectivity index (χ4n) is 2.86. The molecule has 1 atom stereocenters. The second-order valence-electron chi connectivity index (χ2n) is 5.29. The van der Waals surface area contributed by atoms with Gasteiger partial charge in [-0.15, -0.1) is 0 Å². The highest BCUT2D eigenvalue weighted by Crippen LogP contribution is 2.32. The first-order valence-electron chi connectivity index (χ1n) is 6.96. The number of nitrogens with two attached hydrogens (primary N) is 1. The maximum atomic E-state index is 6.10. The Bertz CT molecular complexity index is 229. The molecule has 2 rings (SSSR count). The van der Waals surface area contributed by atoms with Gasteiger partial charge in [0, 0.05) is 19.6 Å². The maximum absolute atomic E-state index is 6.10. The minimum Gasteiger partial charge on any atom is -0.373 e. The molecule has 1 saturated heterocycles. The predicted molar refractivity (Wildman–Crippen MR) is 68.1 cm³/mol. The lowest BCUT2D eigenvalue weighted by Crippen LogP contribution is -2.47. The molecule has 1 aliphatic heterocycles. The summed E-state index contributed by atoms with van der Waals surface area (Å²) in [7, 11) is 0. The average Bonchev–Trinajstić information content (AvgIpc) is 2.86. The molecule has 1 aliphatic carbocycles. The molecule has 1 heterocycles. The minimum absolute atomic E-state index is 0.0438. The molecule has 4 nitrogen and oxygen atoms in total. The van der Waals surface area contributed by atoms with Gasteiger partial charge in [-0.2, -0.15) is 0 Å². The predicted octanol–water partition coefficient (Wildman–Crippen LogP) is 0.995. The van der Waals surface area contributed by atoms with Gasteiger partial charge in [-0.1, -0.05) is 19.8 Å². The zero-order valence-electron chi connectivity index (χ0n) is 11.0. The summed E-state index contributed by atoms with van der Waals surface area (Å²) in [5.41, 5.74) is 5.82. The normalized spacial score (nSPS) is 29.6. The molecule has 0 spiro atoms. The fourth-order valence-corrected chi connectivity index (χ4v) is 2.86. The van der Waals surface area contributed by atoms with E-state index in [0.29, 0.717) is 13.2 Å². The van der Waals surface area contributed by atoms with E-state index in [1.54, 1.807) is 0 Å². The first-order valence-corrected chi connectivity index (χ1v) is 6.96. The summed E-state index contributed by atoms with van der Waals surface area (Å²) in [6.07, 6.45) is 4.97. The summed E-state index contributed by atoms with van der Waals surface area (Å²) in [5.74, 6) is 0. The molecular formula is C13H26N2O2. The van der Waals surface area contributed by atoms with Crippen molar-refractivity contribution in [2.24, 2.45) is 5.73 Å². The van der Waals surface area contributed by atoms with Crippen LogP contribution in [0.5, 0.6) is 0 Å². The highest BCUT2D eigenvalue weighted by molar-refractivity contribution is 4.88. The molecule has 1 unspecified atom stereocenters. The van der Waals surface area contributed by atoms with Gasteiger partial charge in [0.1, 0.15) is 0 Å². The van der Waals surface area contributed by atoms with Crippen molar-refractivity contribution >= 4 is 0 Å². The minimum atomic E-state index is -0.0438. The molecule has 0 aromatic carbocycles. The standard InChI is InChI=1S/C13H26N2O2/c1-2-15-7-8-16-12(9-15)10-17-13(11-14)5-3-4-6-13/h12H,2-11,14H2,1H3. The first-order chi connectivity index (χ1) is 8.28. The molecular weight excluding hydrogens is 216 g/mol. The molecule has 0 amide bonds. The zero-order valence-corrected chi connectivity index (χ0v) is 11.0. The van der Waals surface area contributed by atoms with Crippen LogP contribution in [0.2, 0.25) is 0 Å². The number of hydrogen-bond acceptors (Lipinski definition) is 4. The third kappa shape index (κ3) is 3.41. The van der Waals surface area contributed by atoms with Gasteiger partial charge >= 0.3 is 0 Å². The Labute approximate surface area is 104 Å². The van der Waals surface area contributed by atoms with Crippen molar-refractivity contribution in [1.82, 2.24) is 4.90 Å². The molecule has 0 radical (unpaired) electrons. The summed E-state index contributed by atoms with van der Waals surface area (Å²) in [6.45, 7) is 7.53. The topological polar surface area (TPSA) is 47.7 Å². The van der Waals surface area contributed by atoms with Crippen LogP contribution in [0.4, 0.5) is 0 Å². The molecule has 2 N–H and O–H groups in total. The summed E-state index contributed by atoms with van der Waals surface area (Å²) < 4.78 is 11.8. The van der Waals surface area contributed by atoms with Crippen molar-refractivity contribution in [3.05, 3.63) is 0 Å². The highest BCUT2D eigenvalue weighted by atomic mass is 16.5. The summed E-state index contributed by atoms with van der Waals surface area (Å²) in [5, 5.41) is 0. The van der Waals surface area contributed by atoms with E-state index in [9.17, 15) is 0 Å². The quantitative estimate of drug-likeness (QED) is 0.781. The van der Waals surface area contributed by atoms with Crippen LogP contribution in [-0.4, -0.2) is 56.0 Å². The summed E-state index contributed by atoms with van der Waals surface area (Å²) >= 11 is 0. The van der Waals surface area contributed by atoms with Gasteiger partial charge < -0.3 is 15.2 Å². The van der Waals surface area contributed by atoms with Gasteiger partial charge in [0.25, 0.3) is 0 Å². The largest absolute Gasteiger partial charge is 0.373 e. The third-order valence-corrected chi connectivity index (χ3v) is 4.13. The SMILES string of the molecule is CCN1CCOC(COC2(CN)CCCC2)C1. The Morgan fingerprint density at radius 2 is 2.18 bits per heavy atom. The average molecular weight is 242 g/mol. The van der Waals surface area contributed by atoms with Crippen LogP contribution in [-0.2, 0) is 9.47 Å². The number of likely N-dealkylation sites (N-methyl/N-ethyl adjacent to an activating group) is 1. The molecule has 0 aromatic rings. The number of ether oxygens (including phenoxy) is 2. The van der Waals surface area contributed by atoms with Crippen molar-refractivity contribution < 1.29 is 9.47 Å². The van der Waals surface area contributed by atoms with Crippen LogP contribution in [0.25, 0.3) is 0 Å². The van der Waals surface area contributed by atoms with E-state index in [0.717, 1.165) is 39.1 Å². The summed E-state index contributed by atoms with van der Waals surface area (Å²) in [4.78, 5) is 2.42. The van der Waals surface area contributed by atoms with Crippen LogP contribution in [0, 0.1) is 0 Å². The Morgan fingerprint density at radius 3 is 2.82 bits per heavy atom. The second-order valence-corrected chi connectivity index (χ2v) is 5.29. The highest BCUT2D eigenvalue weighted by Gasteiger charge is 2.34. The molecule has 100 valence electrons. The van der Waals surface area contributed by atoms with Crippen LogP contribution in [0.15, 0.2) is 0 Å².